The van der Waals surface area contributed by atoms with E-state index in [1.54, 1.807) is 6.92 Å². The summed E-state index contributed by atoms with van der Waals surface area (Å²) < 4.78 is 2.16. The topological polar surface area (TPSA) is 20.9 Å². The lowest BCUT2D eigenvalue weighted by Crippen LogP contribution is -2.32. The Morgan fingerprint density at radius 2 is 2.06 bits per heavy atom. The average molecular weight is 224 g/mol. The highest BCUT2D eigenvalue weighted by Crippen LogP contribution is 2.29. The molecule has 0 fully saturated rings. The van der Waals surface area contributed by atoms with Gasteiger partial charge in [-0.1, -0.05) is 18.2 Å². The number of ketones is 1. The second kappa shape index (κ2) is 3.52. The molecule has 2 aromatic rings. The standard InChI is InChI=1S/C15H14NO/c1-10-4-3-5-13-9-16-8-12(11(2)17)6-7-14(16)15(10)13/h3-8H,9H2,1-2H3/q+1. The molecular weight excluding hydrogens is 210 g/mol. The minimum atomic E-state index is 0.118. The third-order valence-corrected chi connectivity index (χ3v) is 3.39. The number of Topliss-reactive ketones (excluding diaryl/α,β-unsaturated/α-hetero) is 1. The molecule has 0 bridgehead atoms. The Morgan fingerprint density at radius 1 is 1.24 bits per heavy atom. The molecule has 0 unspecified atom stereocenters. The van der Waals surface area contributed by atoms with Gasteiger partial charge in [0.1, 0.15) is 0 Å². The van der Waals surface area contributed by atoms with Crippen LogP contribution in [0.25, 0.3) is 11.3 Å². The minimum absolute atomic E-state index is 0.118. The molecule has 1 aliphatic heterocycles. The van der Waals surface area contributed by atoms with E-state index >= 15 is 0 Å². The van der Waals surface area contributed by atoms with Crippen LogP contribution in [0.15, 0.2) is 36.5 Å². The van der Waals surface area contributed by atoms with Gasteiger partial charge in [0.25, 0.3) is 0 Å². The normalized spacial score (nSPS) is 12.1. The van der Waals surface area contributed by atoms with Crippen molar-refractivity contribution < 1.29 is 9.36 Å². The first kappa shape index (κ1) is 10.2. The molecule has 1 aliphatic rings. The molecule has 2 heterocycles. The first-order valence-electron chi connectivity index (χ1n) is 5.80. The van der Waals surface area contributed by atoms with Crippen molar-refractivity contribution in [2.45, 2.75) is 20.4 Å². The smallest absolute Gasteiger partial charge is 0.213 e. The van der Waals surface area contributed by atoms with Gasteiger partial charge >= 0.3 is 0 Å². The number of pyridine rings is 1. The van der Waals surface area contributed by atoms with Crippen molar-refractivity contribution in [3.8, 4) is 11.3 Å². The van der Waals surface area contributed by atoms with Gasteiger partial charge in [-0.2, -0.15) is 4.57 Å². The van der Waals surface area contributed by atoms with Gasteiger partial charge in [-0.25, -0.2) is 0 Å². The van der Waals surface area contributed by atoms with Gasteiger partial charge in [0.2, 0.25) is 5.69 Å². The van der Waals surface area contributed by atoms with Crippen molar-refractivity contribution in [1.29, 1.82) is 0 Å². The summed E-state index contributed by atoms with van der Waals surface area (Å²) in [5.74, 6) is 0.118. The maximum atomic E-state index is 11.4. The van der Waals surface area contributed by atoms with E-state index in [2.05, 4.69) is 35.8 Å². The fourth-order valence-corrected chi connectivity index (χ4v) is 2.52. The average Bonchev–Trinajstić information content (AvgIpc) is 2.67. The number of aromatic nitrogens is 1. The first-order valence-corrected chi connectivity index (χ1v) is 5.80. The molecule has 1 aromatic heterocycles. The van der Waals surface area contributed by atoms with Gasteiger partial charge in [0.05, 0.1) is 11.1 Å². The monoisotopic (exact) mass is 224 g/mol. The summed E-state index contributed by atoms with van der Waals surface area (Å²) in [6, 6.07) is 10.3. The third-order valence-electron chi connectivity index (χ3n) is 3.39. The largest absolute Gasteiger partial charge is 0.294 e. The van der Waals surface area contributed by atoms with Gasteiger partial charge in [-0.05, 0) is 25.5 Å². The van der Waals surface area contributed by atoms with Crippen molar-refractivity contribution in [3.05, 3.63) is 53.2 Å². The lowest BCUT2D eigenvalue weighted by atomic mass is 10.0. The number of carbonyl (C=O) groups is 1. The Labute approximate surface area is 101 Å². The van der Waals surface area contributed by atoms with E-state index < -0.39 is 0 Å². The van der Waals surface area contributed by atoms with E-state index in [9.17, 15) is 4.79 Å². The van der Waals surface area contributed by atoms with Crippen molar-refractivity contribution in [2.24, 2.45) is 0 Å². The fourth-order valence-electron chi connectivity index (χ4n) is 2.52. The third kappa shape index (κ3) is 1.48. The zero-order chi connectivity index (χ0) is 12.0. The van der Waals surface area contributed by atoms with Gasteiger partial charge in [-0.15, -0.1) is 0 Å². The van der Waals surface area contributed by atoms with Crippen molar-refractivity contribution in [2.75, 3.05) is 0 Å². The molecule has 17 heavy (non-hydrogen) atoms. The molecule has 2 heteroatoms. The van der Waals surface area contributed by atoms with E-state index in [0.717, 1.165) is 12.1 Å². The SMILES string of the molecule is CC(=O)c1ccc2[n+](c1)Cc1cccc(C)c1-2. The van der Waals surface area contributed by atoms with Gasteiger partial charge < -0.3 is 0 Å². The van der Waals surface area contributed by atoms with Crippen molar-refractivity contribution in [1.82, 2.24) is 0 Å². The highest BCUT2D eigenvalue weighted by Gasteiger charge is 2.27. The van der Waals surface area contributed by atoms with Crippen molar-refractivity contribution in [3.63, 3.8) is 0 Å². The Hall–Kier alpha value is -1.96. The number of benzene rings is 1. The summed E-state index contributed by atoms with van der Waals surface area (Å²) >= 11 is 0. The molecule has 1 aromatic carbocycles. The zero-order valence-electron chi connectivity index (χ0n) is 10.0. The van der Waals surface area contributed by atoms with Gasteiger partial charge in [0, 0.05) is 11.6 Å². The predicted molar refractivity (Wildman–Crippen MR) is 65.9 cm³/mol. The number of fused-ring (bicyclic) bond motifs is 3. The number of aryl methyl sites for hydroxylation is 1. The van der Waals surface area contributed by atoms with Crippen LogP contribution in [0.3, 0.4) is 0 Å². The van der Waals surface area contributed by atoms with E-state index in [0.29, 0.717) is 0 Å². The van der Waals surface area contributed by atoms with Crippen LogP contribution in [0.1, 0.15) is 28.4 Å². The number of hydrogen-bond acceptors (Lipinski definition) is 1. The van der Waals surface area contributed by atoms with E-state index in [1.807, 2.05) is 12.3 Å². The maximum Gasteiger partial charge on any atom is 0.213 e. The Bertz CT molecular complexity index is 629. The molecule has 84 valence electrons. The zero-order valence-corrected chi connectivity index (χ0v) is 10.0. The summed E-state index contributed by atoms with van der Waals surface area (Å²) in [7, 11) is 0. The second-order valence-electron chi connectivity index (χ2n) is 4.60. The number of nitrogens with zero attached hydrogens (tertiary/aromatic N) is 1. The number of hydrogen-bond donors (Lipinski definition) is 0. The van der Waals surface area contributed by atoms with Crippen LogP contribution in [-0.2, 0) is 6.54 Å². The lowest BCUT2D eigenvalue weighted by Gasteiger charge is -1.99. The molecule has 0 aliphatic carbocycles. The molecule has 3 rings (SSSR count). The molecule has 0 radical (unpaired) electrons. The summed E-state index contributed by atoms with van der Waals surface area (Å²) in [4.78, 5) is 11.4. The quantitative estimate of drug-likeness (QED) is 0.459. The molecule has 0 saturated heterocycles. The highest BCUT2D eigenvalue weighted by molar-refractivity contribution is 5.93. The summed E-state index contributed by atoms with van der Waals surface area (Å²) in [5, 5.41) is 0. The molecular formula is C15H14NO+. The lowest BCUT2D eigenvalue weighted by molar-refractivity contribution is -0.672. The van der Waals surface area contributed by atoms with Crippen LogP contribution in [0.2, 0.25) is 0 Å². The first-order chi connectivity index (χ1) is 8.16. The predicted octanol–water partition coefficient (Wildman–Crippen LogP) is 2.51. The molecule has 0 amide bonds. The maximum absolute atomic E-state index is 11.4. The molecule has 0 spiro atoms. The Kier molecular flexibility index (Phi) is 2.11. The van der Waals surface area contributed by atoms with Crippen LogP contribution in [0, 0.1) is 6.92 Å². The van der Waals surface area contributed by atoms with Crippen molar-refractivity contribution >= 4 is 5.78 Å². The second-order valence-corrected chi connectivity index (χ2v) is 4.60. The Balaban J connectivity index is 2.21. The van der Waals surface area contributed by atoms with Crippen LogP contribution in [0.4, 0.5) is 0 Å². The molecule has 0 atom stereocenters. The minimum Gasteiger partial charge on any atom is -0.294 e. The summed E-state index contributed by atoms with van der Waals surface area (Å²) in [6.07, 6.45) is 1.96. The molecule has 0 saturated carbocycles. The van der Waals surface area contributed by atoms with E-state index in [4.69, 9.17) is 0 Å². The van der Waals surface area contributed by atoms with E-state index in [-0.39, 0.29) is 5.78 Å². The molecule has 0 N–H and O–H groups in total. The van der Waals surface area contributed by atoms with Crippen LogP contribution in [0.5, 0.6) is 0 Å². The van der Waals surface area contributed by atoms with Gasteiger partial charge in [-0.3, -0.25) is 4.79 Å². The van der Waals surface area contributed by atoms with Crippen LogP contribution >= 0.6 is 0 Å². The van der Waals surface area contributed by atoms with E-state index in [1.165, 1.54) is 22.4 Å². The fraction of sp³-hybridized carbons (Fsp3) is 0.200. The van der Waals surface area contributed by atoms with Crippen LogP contribution in [-0.4, -0.2) is 5.78 Å². The number of rotatable bonds is 1. The summed E-state index contributed by atoms with van der Waals surface area (Å²) in [6.45, 7) is 4.61. The highest BCUT2D eigenvalue weighted by atomic mass is 16.1. The number of carbonyl (C=O) groups excluding carboxylic acids is 1. The summed E-state index contributed by atoms with van der Waals surface area (Å²) in [5.41, 5.74) is 5.94. The van der Waals surface area contributed by atoms with Crippen LogP contribution < -0.4 is 4.57 Å². The Morgan fingerprint density at radius 3 is 2.82 bits per heavy atom. The molecule has 2 nitrogen and oxygen atoms in total. The van der Waals surface area contributed by atoms with Gasteiger partial charge in [0.15, 0.2) is 18.5 Å².